The number of nitrogens with zero attached hydrogens (tertiary/aromatic N) is 4. The topological polar surface area (TPSA) is 119 Å². The van der Waals surface area contributed by atoms with Crippen molar-refractivity contribution >= 4 is 35.1 Å². The molecule has 0 aromatic heterocycles. The molecule has 0 saturated carbocycles. The molecule has 4 N–H and O–H groups in total. The van der Waals surface area contributed by atoms with E-state index < -0.39 is 0 Å². The fraction of sp³-hybridized carbons (Fsp3) is 0.259. The van der Waals surface area contributed by atoms with Crippen molar-refractivity contribution in [3.63, 3.8) is 0 Å². The van der Waals surface area contributed by atoms with Gasteiger partial charge < -0.3 is 30.2 Å². The smallest absolute Gasteiger partial charge is 0.244 e. The van der Waals surface area contributed by atoms with Crippen LogP contribution in [0.25, 0.3) is 11.1 Å². The SMILES string of the molecule is N=C1N(CC(=O)Nc2ccc(-c3ccc(NC(=O)CN4C[C@H](Cc5ccccc5)N(CCCc5ccccc5)C4=N)cc3)cc2)C[C@H](Cc2ccccc2)N1CCCc1ccccc1. The van der Waals surface area contributed by atoms with Gasteiger partial charge in [-0.15, -0.1) is 0 Å². The van der Waals surface area contributed by atoms with Crippen molar-refractivity contribution in [3.8, 4) is 11.1 Å². The summed E-state index contributed by atoms with van der Waals surface area (Å²) in [7, 11) is 0. The van der Waals surface area contributed by atoms with E-state index in [4.69, 9.17) is 10.8 Å². The van der Waals surface area contributed by atoms with Crippen molar-refractivity contribution < 1.29 is 9.59 Å². The van der Waals surface area contributed by atoms with Crippen LogP contribution in [0.15, 0.2) is 170 Å². The third-order valence-corrected chi connectivity index (χ3v) is 12.3. The van der Waals surface area contributed by atoms with E-state index >= 15 is 0 Å². The molecule has 0 unspecified atom stereocenters. The average Bonchev–Trinajstić information content (AvgIpc) is 3.76. The van der Waals surface area contributed by atoms with Crippen molar-refractivity contribution in [1.82, 2.24) is 19.6 Å². The number of aryl methyl sites for hydroxylation is 2. The van der Waals surface area contributed by atoms with Crippen molar-refractivity contribution in [2.24, 2.45) is 0 Å². The van der Waals surface area contributed by atoms with Crippen molar-refractivity contribution in [1.29, 1.82) is 10.8 Å². The van der Waals surface area contributed by atoms with Gasteiger partial charge in [-0.2, -0.15) is 0 Å². The van der Waals surface area contributed by atoms with E-state index in [1.807, 2.05) is 82.6 Å². The molecule has 2 heterocycles. The maximum Gasteiger partial charge on any atom is 0.244 e. The zero-order valence-corrected chi connectivity index (χ0v) is 36.4. The Hall–Kier alpha value is -7.20. The van der Waals surface area contributed by atoms with Crippen LogP contribution in [0, 0.1) is 10.8 Å². The standard InChI is InChI=1S/C54H58N8O2/c55-53-59(37-49(35-43-19-9-3-10-20-43)61(53)33-13-23-41-15-5-1-6-16-41)39-51(63)57-47-29-25-45(26-30-47)46-27-31-48(32-28-46)58-52(64)40-60-38-50(36-44-21-11-4-12-22-44)62(54(60)56)34-14-24-42-17-7-2-8-18-42/h1-12,15-22,25-32,49-50,55-56H,13-14,23-24,33-40H2,(H,57,63)(H,58,64)/t49-,50-/m0/s1. The van der Waals surface area contributed by atoms with Crippen molar-refractivity contribution in [2.45, 2.75) is 50.6 Å². The van der Waals surface area contributed by atoms with E-state index in [-0.39, 0.29) is 37.0 Å². The molecule has 2 saturated heterocycles. The highest BCUT2D eigenvalue weighted by Gasteiger charge is 2.36. The molecule has 0 spiro atoms. The first kappa shape index (κ1) is 43.4. The monoisotopic (exact) mass is 850 g/mol. The van der Waals surface area contributed by atoms with Gasteiger partial charge in [0.25, 0.3) is 0 Å². The van der Waals surface area contributed by atoms with Crippen molar-refractivity contribution in [2.75, 3.05) is 49.9 Å². The summed E-state index contributed by atoms with van der Waals surface area (Å²) in [5.41, 5.74) is 8.38. The number of anilines is 2. The predicted molar refractivity (Wildman–Crippen MR) is 259 cm³/mol. The number of guanidine groups is 2. The van der Waals surface area contributed by atoms with E-state index in [9.17, 15) is 9.59 Å². The molecular formula is C54H58N8O2. The number of carbonyl (C=O) groups excluding carboxylic acids is 2. The van der Waals surface area contributed by atoms with Gasteiger partial charge in [0.1, 0.15) is 13.1 Å². The predicted octanol–water partition coefficient (Wildman–Crippen LogP) is 8.82. The molecule has 8 rings (SSSR count). The molecule has 2 aliphatic heterocycles. The largest absolute Gasteiger partial charge is 0.338 e. The molecule has 326 valence electrons. The van der Waals surface area contributed by atoms with Crippen LogP contribution < -0.4 is 10.6 Å². The molecule has 10 nitrogen and oxygen atoms in total. The van der Waals surface area contributed by atoms with Gasteiger partial charge in [-0.1, -0.05) is 146 Å². The zero-order chi connectivity index (χ0) is 44.1. The second kappa shape index (κ2) is 21.3. The Kier molecular flexibility index (Phi) is 14.4. The molecule has 2 aliphatic rings. The minimum atomic E-state index is -0.159. The number of nitrogens with one attached hydrogen (secondary N) is 4. The van der Waals surface area contributed by atoms with Gasteiger partial charge >= 0.3 is 0 Å². The lowest BCUT2D eigenvalue weighted by molar-refractivity contribution is -0.117. The van der Waals surface area contributed by atoms with Gasteiger partial charge in [0.05, 0.1) is 12.1 Å². The van der Waals surface area contributed by atoms with Crippen LogP contribution in [0.3, 0.4) is 0 Å². The molecule has 2 atom stereocenters. The quantitative estimate of drug-likeness (QED) is 0.0648. The summed E-state index contributed by atoms with van der Waals surface area (Å²) >= 11 is 0. The Balaban J connectivity index is 0.821. The first-order valence-electron chi connectivity index (χ1n) is 22.5. The van der Waals surface area contributed by atoms with Gasteiger partial charge in [0, 0.05) is 37.6 Å². The summed E-state index contributed by atoms with van der Waals surface area (Å²) in [5, 5.41) is 24.2. The lowest BCUT2D eigenvalue weighted by atomic mass is 10.0. The van der Waals surface area contributed by atoms with Crippen molar-refractivity contribution in [3.05, 3.63) is 192 Å². The number of hydrogen-bond donors (Lipinski definition) is 4. The van der Waals surface area contributed by atoms with Gasteiger partial charge in [0.15, 0.2) is 11.9 Å². The Labute approximate surface area is 377 Å². The number of rotatable bonds is 19. The van der Waals surface area contributed by atoms with Gasteiger partial charge in [-0.3, -0.25) is 20.4 Å². The Morgan fingerprint density at radius 2 is 0.781 bits per heavy atom. The molecule has 0 bridgehead atoms. The third kappa shape index (κ3) is 11.6. The molecule has 64 heavy (non-hydrogen) atoms. The summed E-state index contributed by atoms with van der Waals surface area (Å²) in [4.78, 5) is 34.9. The molecule has 6 aromatic rings. The van der Waals surface area contributed by atoms with Crippen LogP contribution in [0.1, 0.15) is 35.1 Å². The van der Waals surface area contributed by atoms with E-state index in [1.165, 1.54) is 22.3 Å². The highest BCUT2D eigenvalue weighted by Crippen LogP contribution is 2.26. The Morgan fingerprint density at radius 1 is 0.453 bits per heavy atom. The number of carbonyl (C=O) groups is 2. The van der Waals surface area contributed by atoms with Crippen LogP contribution in [0.2, 0.25) is 0 Å². The van der Waals surface area contributed by atoms with Gasteiger partial charge in [-0.25, -0.2) is 0 Å². The number of amides is 2. The van der Waals surface area contributed by atoms with E-state index in [2.05, 4.69) is 117 Å². The number of benzene rings is 6. The normalized spacial score (nSPS) is 16.1. The minimum absolute atomic E-state index is 0.106. The van der Waals surface area contributed by atoms with Crippen LogP contribution in [0.4, 0.5) is 11.4 Å². The number of hydrogen-bond acceptors (Lipinski definition) is 4. The second-order valence-corrected chi connectivity index (χ2v) is 16.9. The Bertz CT molecular complexity index is 2270. The van der Waals surface area contributed by atoms with E-state index in [1.54, 1.807) is 0 Å². The van der Waals surface area contributed by atoms with Crippen LogP contribution in [-0.4, -0.2) is 94.7 Å². The van der Waals surface area contributed by atoms with Gasteiger partial charge in [0.2, 0.25) is 11.8 Å². The molecule has 2 fully saturated rings. The summed E-state index contributed by atoms with van der Waals surface area (Å²) in [5.74, 6) is 0.486. The fourth-order valence-corrected chi connectivity index (χ4v) is 9.00. The summed E-state index contributed by atoms with van der Waals surface area (Å²) in [6.45, 7) is 2.96. The molecule has 0 radical (unpaired) electrons. The highest BCUT2D eigenvalue weighted by atomic mass is 16.2. The maximum absolute atomic E-state index is 13.4. The lowest BCUT2D eigenvalue weighted by Crippen LogP contribution is -2.39. The molecule has 10 heteroatoms. The molecular weight excluding hydrogens is 793 g/mol. The molecule has 0 aliphatic carbocycles. The summed E-state index contributed by atoms with van der Waals surface area (Å²) in [6, 6.07) is 57.4. The summed E-state index contributed by atoms with van der Waals surface area (Å²) in [6.07, 6.45) is 5.37. The lowest BCUT2D eigenvalue weighted by Gasteiger charge is -2.25. The fourth-order valence-electron chi connectivity index (χ4n) is 9.00. The zero-order valence-electron chi connectivity index (χ0n) is 36.4. The third-order valence-electron chi connectivity index (χ3n) is 12.3. The Morgan fingerprint density at radius 3 is 1.12 bits per heavy atom. The summed E-state index contributed by atoms with van der Waals surface area (Å²) < 4.78 is 0. The van der Waals surface area contributed by atoms with Gasteiger partial charge in [-0.05, 0) is 96.2 Å². The second-order valence-electron chi connectivity index (χ2n) is 16.9. The average molecular weight is 851 g/mol. The molecule has 6 aromatic carbocycles. The minimum Gasteiger partial charge on any atom is -0.338 e. The van der Waals surface area contributed by atoms with E-state index in [0.29, 0.717) is 36.4 Å². The van der Waals surface area contributed by atoms with Crippen LogP contribution in [0.5, 0.6) is 0 Å². The first-order chi connectivity index (χ1) is 31.3. The maximum atomic E-state index is 13.4. The van der Waals surface area contributed by atoms with Crippen LogP contribution >= 0.6 is 0 Å². The van der Waals surface area contributed by atoms with E-state index in [0.717, 1.165) is 62.7 Å². The highest BCUT2D eigenvalue weighted by molar-refractivity contribution is 5.96. The molecule has 2 amide bonds. The first-order valence-corrected chi connectivity index (χ1v) is 22.5. The van der Waals surface area contributed by atoms with Crippen LogP contribution in [-0.2, 0) is 35.3 Å².